The number of aromatic nitrogens is 2. The van der Waals surface area contributed by atoms with Gasteiger partial charge in [0.1, 0.15) is 11.8 Å². The van der Waals surface area contributed by atoms with E-state index in [9.17, 15) is 4.79 Å². The van der Waals surface area contributed by atoms with E-state index in [4.69, 9.17) is 16.3 Å². The summed E-state index contributed by atoms with van der Waals surface area (Å²) in [6, 6.07) is 19.2. The van der Waals surface area contributed by atoms with E-state index in [0.29, 0.717) is 11.7 Å². The molecular formula is C21H20ClN3O2. The molecular weight excluding hydrogens is 362 g/mol. The van der Waals surface area contributed by atoms with E-state index in [1.165, 1.54) is 0 Å². The van der Waals surface area contributed by atoms with Gasteiger partial charge in [-0.2, -0.15) is 5.10 Å². The summed E-state index contributed by atoms with van der Waals surface area (Å²) in [5.74, 6) is 0. The maximum atomic E-state index is 11.7. The molecule has 0 radical (unpaired) electrons. The van der Waals surface area contributed by atoms with Crippen molar-refractivity contribution < 1.29 is 9.53 Å². The lowest BCUT2D eigenvalue weighted by molar-refractivity contribution is 0.141. The van der Waals surface area contributed by atoms with Crippen LogP contribution in [0.1, 0.15) is 16.8 Å². The van der Waals surface area contributed by atoms with Gasteiger partial charge in [0, 0.05) is 12.1 Å². The number of rotatable bonds is 6. The van der Waals surface area contributed by atoms with Gasteiger partial charge in [-0.05, 0) is 24.6 Å². The van der Waals surface area contributed by atoms with Crippen LogP contribution in [0.25, 0.3) is 11.8 Å². The first-order valence-corrected chi connectivity index (χ1v) is 8.94. The number of nitrogens with zero attached hydrogens (tertiary/aromatic N) is 2. The molecule has 5 nitrogen and oxygen atoms in total. The average Bonchev–Trinajstić information content (AvgIpc) is 2.99. The summed E-state index contributed by atoms with van der Waals surface area (Å²) < 4.78 is 6.86. The monoisotopic (exact) mass is 381 g/mol. The third kappa shape index (κ3) is 4.99. The highest BCUT2D eigenvalue weighted by Gasteiger charge is 2.12. The zero-order chi connectivity index (χ0) is 19.1. The second-order valence-electron chi connectivity index (χ2n) is 5.88. The van der Waals surface area contributed by atoms with E-state index in [1.807, 2.05) is 79.7 Å². The number of amides is 1. The van der Waals surface area contributed by atoms with Crippen molar-refractivity contribution in [2.24, 2.45) is 0 Å². The van der Waals surface area contributed by atoms with Gasteiger partial charge in [0.15, 0.2) is 0 Å². The largest absolute Gasteiger partial charge is 0.445 e. The van der Waals surface area contributed by atoms with Gasteiger partial charge in [0.25, 0.3) is 0 Å². The number of nitrogens with one attached hydrogen (secondary N) is 1. The molecule has 0 bridgehead atoms. The number of ether oxygens (including phenoxy) is 1. The fraction of sp³-hybridized carbons (Fsp3) is 0.143. The molecule has 3 rings (SSSR count). The number of para-hydroxylation sites is 1. The number of carbonyl (C=O) groups is 1. The van der Waals surface area contributed by atoms with E-state index >= 15 is 0 Å². The van der Waals surface area contributed by atoms with Gasteiger partial charge in [-0.3, -0.25) is 0 Å². The fourth-order valence-corrected chi connectivity index (χ4v) is 2.87. The lowest BCUT2D eigenvalue weighted by Crippen LogP contribution is -2.24. The summed E-state index contributed by atoms with van der Waals surface area (Å²) >= 11 is 6.46. The van der Waals surface area contributed by atoms with Crippen LogP contribution in [0.4, 0.5) is 4.79 Å². The Kier molecular flexibility index (Phi) is 6.28. The molecule has 27 heavy (non-hydrogen) atoms. The Morgan fingerprint density at radius 2 is 1.81 bits per heavy atom. The van der Waals surface area contributed by atoms with Gasteiger partial charge < -0.3 is 10.1 Å². The normalized spacial score (nSPS) is 10.9. The zero-order valence-corrected chi connectivity index (χ0v) is 15.7. The molecule has 138 valence electrons. The average molecular weight is 382 g/mol. The number of benzene rings is 2. The highest BCUT2D eigenvalue weighted by atomic mass is 35.5. The lowest BCUT2D eigenvalue weighted by atomic mass is 10.2. The van der Waals surface area contributed by atoms with Crippen molar-refractivity contribution >= 4 is 23.8 Å². The minimum atomic E-state index is -0.466. The SMILES string of the molecule is Cc1nn(-c2ccccc2)c(Cl)c1C=CCNC(=O)OCc1ccccc1. The Bertz CT molecular complexity index is 921. The van der Waals surface area contributed by atoms with Crippen molar-refractivity contribution in [1.29, 1.82) is 0 Å². The molecule has 1 N–H and O–H groups in total. The minimum Gasteiger partial charge on any atom is -0.445 e. The summed E-state index contributed by atoms with van der Waals surface area (Å²) in [5.41, 5.74) is 3.47. The van der Waals surface area contributed by atoms with Crippen LogP contribution < -0.4 is 5.32 Å². The molecule has 1 aromatic heterocycles. The maximum Gasteiger partial charge on any atom is 0.407 e. The van der Waals surface area contributed by atoms with Gasteiger partial charge in [0.2, 0.25) is 0 Å². The quantitative estimate of drug-likeness (QED) is 0.668. The third-order valence-corrected chi connectivity index (χ3v) is 4.27. The number of hydrogen-bond acceptors (Lipinski definition) is 3. The molecule has 0 saturated heterocycles. The Labute approximate surface area is 163 Å². The Morgan fingerprint density at radius 1 is 1.15 bits per heavy atom. The lowest BCUT2D eigenvalue weighted by Gasteiger charge is -2.05. The topological polar surface area (TPSA) is 56.2 Å². The molecule has 2 aromatic carbocycles. The Morgan fingerprint density at radius 3 is 2.52 bits per heavy atom. The third-order valence-electron chi connectivity index (χ3n) is 3.91. The summed E-state index contributed by atoms with van der Waals surface area (Å²) in [5, 5.41) is 7.69. The van der Waals surface area contributed by atoms with Crippen molar-refractivity contribution in [3.05, 3.63) is 88.7 Å². The maximum absolute atomic E-state index is 11.7. The molecule has 0 unspecified atom stereocenters. The predicted molar refractivity (Wildman–Crippen MR) is 107 cm³/mol. The number of carbonyl (C=O) groups excluding carboxylic acids is 1. The van der Waals surface area contributed by atoms with Crippen molar-refractivity contribution in [1.82, 2.24) is 15.1 Å². The minimum absolute atomic E-state index is 0.241. The smallest absolute Gasteiger partial charge is 0.407 e. The van der Waals surface area contributed by atoms with Gasteiger partial charge in [-0.15, -0.1) is 0 Å². The first kappa shape index (κ1) is 18.7. The molecule has 0 atom stereocenters. The molecule has 1 heterocycles. The van der Waals surface area contributed by atoms with Gasteiger partial charge in [-0.1, -0.05) is 72.3 Å². The number of alkyl carbamates (subject to hydrolysis) is 1. The molecule has 0 fully saturated rings. The first-order valence-electron chi connectivity index (χ1n) is 8.57. The standard InChI is InChI=1S/C21H20ClN3O2/c1-16-19(20(22)25(24-16)18-11-6-3-7-12-18)13-8-14-23-21(26)27-15-17-9-4-2-5-10-17/h2-13H,14-15H2,1H3,(H,23,26). The number of halogens is 1. The van der Waals surface area contributed by atoms with Gasteiger partial charge in [-0.25, -0.2) is 9.48 Å². The Balaban J connectivity index is 1.54. The van der Waals surface area contributed by atoms with Crippen molar-refractivity contribution in [2.75, 3.05) is 6.54 Å². The van der Waals surface area contributed by atoms with Gasteiger partial charge >= 0.3 is 6.09 Å². The molecule has 0 aliphatic heterocycles. The van der Waals surface area contributed by atoms with Crippen LogP contribution in [-0.4, -0.2) is 22.4 Å². The highest BCUT2D eigenvalue weighted by Crippen LogP contribution is 2.24. The second-order valence-corrected chi connectivity index (χ2v) is 6.24. The number of aryl methyl sites for hydroxylation is 1. The van der Waals surface area contributed by atoms with Crippen LogP contribution in [-0.2, 0) is 11.3 Å². The molecule has 1 amide bonds. The second kappa shape index (κ2) is 9.05. The van der Waals surface area contributed by atoms with Crippen LogP contribution >= 0.6 is 11.6 Å². The first-order chi connectivity index (χ1) is 13.1. The van der Waals surface area contributed by atoms with Crippen LogP contribution in [0.2, 0.25) is 5.15 Å². The summed E-state index contributed by atoms with van der Waals surface area (Å²) in [4.78, 5) is 11.7. The molecule has 0 saturated carbocycles. The molecule has 6 heteroatoms. The van der Waals surface area contributed by atoms with Crippen LogP contribution in [0.5, 0.6) is 0 Å². The fourth-order valence-electron chi connectivity index (χ4n) is 2.53. The van der Waals surface area contributed by atoms with Crippen LogP contribution in [0.15, 0.2) is 66.7 Å². The van der Waals surface area contributed by atoms with Crippen molar-refractivity contribution in [3.8, 4) is 5.69 Å². The zero-order valence-electron chi connectivity index (χ0n) is 14.9. The highest BCUT2D eigenvalue weighted by molar-refractivity contribution is 6.31. The predicted octanol–water partition coefficient (Wildman–Crippen LogP) is 4.77. The Hall–Kier alpha value is -3.05. The van der Waals surface area contributed by atoms with E-state index < -0.39 is 6.09 Å². The summed E-state index contributed by atoms with van der Waals surface area (Å²) in [6.45, 7) is 2.47. The summed E-state index contributed by atoms with van der Waals surface area (Å²) in [6.07, 6.45) is 3.20. The van der Waals surface area contributed by atoms with E-state index in [1.54, 1.807) is 4.68 Å². The van der Waals surface area contributed by atoms with E-state index in [0.717, 1.165) is 22.5 Å². The van der Waals surface area contributed by atoms with Crippen molar-refractivity contribution in [2.45, 2.75) is 13.5 Å². The molecule has 3 aromatic rings. The van der Waals surface area contributed by atoms with Crippen molar-refractivity contribution in [3.63, 3.8) is 0 Å². The number of hydrogen-bond donors (Lipinski definition) is 1. The van der Waals surface area contributed by atoms with Crippen LogP contribution in [0.3, 0.4) is 0 Å². The summed E-state index contributed by atoms with van der Waals surface area (Å²) in [7, 11) is 0. The molecule has 0 aliphatic rings. The van der Waals surface area contributed by atoms with E-state index in [2.05, 4.69) is 10.4 Å². The van der Waals surface area contributed by atoms with Gasteiger partial charge in [0.05, 0.1) is 11.4 Å². The van der Waals surface area contributed by atoms with E-state index in [-0.39, 0.29) is 6.61 Å². The molecule has 0 aliphatic carbocycles. The van der Waals surface area contributed by atoms with Crippen LogP contribution in [0, 0.1) is 6.92 Å². The molecule has 0 spiro atoms.